The zero-order valence-electron chi connectivity index (χ0n) is 13.7. The van der Waals surface area contributed by atoms with Gasteiger partial charge in [-0.25, -0.2) is 4.68 Å². The fourth-order valence-corrected chi connectivity index (χ4v) is 3.80. The molecule has 7 nitrogen and oxygen atoms in total. The summed E-state index contributed by atoms with van der Waals surface area (Å²) in [5, 5.41) is 15.0. The monoisotopic (exact) mass is 431 g/mol. The van der Waals surface area contributed by atoms with Crippen LogP contribution in [0.2, 0.25) is 0 Å². The van der Waals surface area contributed by atoms with Crippen molar-refractivity contribution in [3.63, 3.8) is 0 Å². The standard InChI is InChI=1S/C17H14BrN5O2S/c1-23-17(20-21-22-23)26-15-7-6-11(18)9-12(15)19-16(24)14-8-10-4-2-3-5-13(10)25-14/h2-7,9,14H,8H2,1H3,(H,19,24). The van der Waals surface area contributed by atoms with E-state index in [1.165, 1.54) is 11.8 Å². The number of hydrogen-bond donors (Lipinski definition) is 1. The number of carbonyl (C=O) groups excluding carboxylic acids is 1. The van der Waals surface area contributed by atoms with Crippen molar-refractivity contribution in [1.82, 2.24) is 20.2 Å². The molecule has 1 unspecified atom stereocenters. The van der Waals surface area contributed by atoms with Crippen LogP contribution in [-0.2, 0) is 18.3 Å². The Labute approximate surface area is 162 Å². The number of nitrogens with one attached hydrogen (secondary N) is 1. The normalized spacial score (nSPS) is 15.4. The van der Waals surface area contributed by atoms with E-state index in [2.05, 4.69) is 36.8 Å². The molecule has 0 bridgehead atoms. The number of hydrogen-bond acceptors (Lipinski definition) is 6. The minimum Gasteiger partial charge on any atom is -0.480 e. The Bertz CT molecular complexity index is 952. The van der Waals surface area contributed by atoms with Crippen LogP contribution in [-0.4, -0.2) is 32.2 Å². The highest BCUT2D eigenvalue weighted by Gasteiger charge is 2.29. The zero-order chi connectivity index (χ0) is 18.1. The molecule has 0 fully saturated rings. The lowest BCUT2D eigenvalue weighted by molar-refractivity contribution is -0.122. The molecule has 1 aliphatic rings. The molecule has 0 saturated heterocycles. The van der Waals surface area contributed by atoms with Crippen molar-refractivity contribution in [3.05, 3.63) is 52.5 Å². The van der Waals surface area contributed by atoms with Crippen molar-refractivity contribution in [2.24, 2.45) is 7.05 Å². The van der Waals surface area contributed by atoms with Crippen LogP contribution in [0, 0.1) is 0 Å². The number of amides is 1. The SMILES string of the molecule is Cn1nnnc1Sc1ccc(Br)cc1NC(=O)C1Cc2ccccc2O1. The van der Waals surface area contributed by atoms with Crippen LogP contribution in [0.15, 0.2) is 57.0 Å². The number of tetrazole rings is 1. The molecule has 4 rings (SSSR count). The van der Waals surface area contributed by atoms with Crippen LogP contribution in [0.4, 0.5) is 5.69 Å². The second kappa shape index (κ2) is 7.08. The Hall–Kier alpha value is -2.39. The molecule has 1 atom stereocenters. The molecule has 9 heteroatoms. The third-order valence-electron chi connectivity index (χ3n) is 3.92. The molecule has 0 saturated carbocycles. The average Bonchev–Trinajstić information content (AvgIpc) is 3.23. The van der Waals surface area contributed by atoms with Gasteiger partial charge in [0, 0.05) is 22.8 Å². The number of nitrogens with zero attached hydrogens (tertiary/aromatic N) is 4. The molecule has 2 aromatic carbocycles. The molecule has 0 spiro atoms. The predicted molar refractivity (Wildman–Crippen MR) is 100 cm³/mol. The molecule has 1 aliphatic heterocycles. The number of carbonyl (C=O) groups is 1. The molecular weight excluding hydrogens is 418 g/mol. The van der Waals surface area contributed by atoms with Gasteiger partial charge in [-0.05, 0) is 52.0 Å². The van der Waals surface area contributed by atoms with Gasteiger partial charge in [0.25, 0.3) is 5.91 Å². The molecule has 0 aliphatic carbocycles. The number of aromatic nitrogens is 4. The van der Waals surface area contributed by atoms with E-state index in [4.69, 9.17) is 4.74 Å². The maximum Gasteiger partial charge on any atom is 0.265 e. The van der Waals surface area contributed by atoms with Crippen LogP contribution < -0.4 is 10.1 Å². The summed E-state index contributed by atoms with van der Waals surface area (Å²) in [4.78, 5) is 13.6. The fourth-order valence-electron chi connectivity index (χ4n) is 2.64. The number of aryl methyl sites for hydroxylation is 1. The molecule has 1 amide bonds. The van der Waals surface area contributed by atoms with Gasteiger partial charge in [-0.2, -0.15) is 0 Å². The van der Waals surface area contributed by atoms with Crippen molar-refractivity contribution in [2.75, 3.05) is 5.32 Å². The van der Waals surface area contributed by atoms with Crippen LogP contribution in [0.5, 0.6) is 5.75 Å². The first-order chi connectivity index (χ1) is 12.6. The van der Waals surface area contributed by atoms with Crippen LogP contribution in [0.3, 0.4) is 0 Å². The third-order valence-corrected chi connectivity index (χ3v) is 5.52. The van der Waals surface area contributed by atoms with Crippen molar-refractivity contribution >= 4 is 39.3 Å². The number of fused-ring (bicyclic) bond motifs is 1. The van der Waals surface area contributed by atoms with Gasteiger partial charge < -0.3 is 10.1 Å². The summed E-state index contributed by atoms with van der Waals surface area (Å²) >= 11 is 4.83. The third kappa shape index (κ3) is 3.45. The predicted octanol–water partition coefficient (Wildman–Crippen LogP) is 3.07. The molecular formula is C17H14BrN5O2S. The van der Waals surface area contributed by atoms with E-state index in [0.717, 1.165) is 20.7 Å². The first-order valence-electron chi connectivity index (χ1n) is 7.85. The summed E-state index contributed by atoms with van der Waals surface area (Å²) < 4.78 is 8.21. The van der Waals surface area contributed by atoms with E-state index in [-0.39, 0.29) is 5.91 Å². The van der Waals surface area contributed by atoms with E-state index < -0.39 is 6.10 Å². The van der Waals surface area contributed by atoms with E-state index in [0.29, 0.717) is 17.3 Å². The number of para-hydroxylation sites is 1. The van der Waals surface area contributed by atoms with E-state index in [1.807, 2.05) is 42.5 Å². The van der Waals surface area contributed by atoms with Gasteiger partial charge in [-0.3, -0.25) is 4.79 Å². The topological polar surface area (TPSA) is 81.9 Å². The van der Waals surface area contributed by atoms with E-state index in [1.54, 1.807) is 11.7 Å². The summed E-state index contributed by atoms with van der Waals surface area (Å²) in [5.74, 6) is 0.582. The highest BCUT2D eigenvalue weighted by molar-refractivity contribution is 9.10. The maximum atomic E-state index is 12.7. The Balaban J connectivity index is 1.53. The number of anilines is 1. The first kappa shape index (κ1) is 17.0. The number of benzene rings is 2. The smallest absolute Gasteiger partial charge is 0.265 e. The summed E-state index contributed by atoms with van der Waals surface area (Å²) in [7, 11) is 1.77. The van der Waals surface area contributed by atoms with Crippen molar-refractivity contribution in [1.29, 1.82) is 0 Å². The van der Waals surface area contributed by atoms with Gasteiger partial charge >= 0.3 is 0 Å². The molecule has 1 N–H and O–H groups in total. The minimum absolute atomic E-state index is 0.183. The summed E-state index contributed by atoms with van der Waals surface area (Å²) in [6.45, 7) is 0. The lowest BCUT2D eigenvalue weighted by Gasteiger charge is -2.14. The molecule has 26 heavy (non-hydrogen) atoms. The lowest BCUT2D eigenvalue weighted by Crippen LogP contribution is -2.31. The summed E-state index contributed by atoms with van der Waals surface area (Å²) in [6.07, 6.45) is 0.0202. The van der Waals surface area contributed by atoms with Gasteiger partial charge in [0.1, 0.15) is 5.75 Å². The maximum absolute atomic E-state index is 12.7. The Morgan fingerprint density at radius 2 is 2.19 bits per heavy atom. The van der Waals surface area contributed by atoms with Gasteiger partial charge in [-0.1, -0.05) is 34.1 Å². The lowest BCUT2D eigenvalue weighted by atomic mass is 10.1. The number of halogens is 1. The quantitative estimate of drug-likeness (QED) is 0.683. The van der Waals surface area contributed by atoms with Gasteiger partial charge in [0.2, 0.25) is 5.16 Å². The number of rotatable bonds is 4. The van der Waals surface area contributed by atoms with Crippen molar-refractivity contribution in [2.45, 2.75) is 22.6 Å². The molecule has 2 heterocycles. The second-order valence-electron chi connectivity index (χ2n) is 5.74. The molecule has 132 valence electrons. The van der Waals surface area contributed by atoms with Crippen molar-refractivity contribution in [3.8, 4) is 5.75 Å². The van der Waals surface area contributed by atoms with Crippen LogP contribution in [0.1, 0.15) is 5.56 Å². The summed E-state index contributed by atoms with van der Waals surface area (Å²) in [6, 6.07) is 13.4. The molecule has 0 radical (unpaired) electrons. The second-order valence-corrected chi connectivity index (χ2v) is 7.66. The van der Waals surface area contributed by atoms with Gasteiger partial charge in [0.05, 0.1) is 5.69 Å². The Kier molecular flexibility index (Phi) is 4.64. The Morgan fingerprint density at radius 1 is 1.35 bits per heavy atom. The van der Waals surface area contributed by atoms with E-state index in [9.17, 15) is 4.79 Å². The van der Waals surface area contributed by atoms with Gasteiger partial charge in [-0.15, -0.1) is 5.10 Å². The first-order valence-corrected chi connectivity index (χ1v) is 9.46. The summed E-state index contributed by atoms with van der Waals surface area (Å²) in [5.41, 5.74) is 1.72. The Morgan fingerprint density at radius 3 is 2.96 bits per heavy atom. The fraction of sp³-hybridized carbons (Fsp3) is 0.176. The number of ether oxygens (including phenoxy) is 1. The average molecular weight is 432 g/mol. The largest absolute Gasteiger partial charge is 0.480 e. The van der Waals surface area contributed by atoms with Gasteiger partial charge in [0.15, 0.2) is 6.10 Å². The highest BCUT2D eigenvalue weighted by Crippen LogP contribution is 2.35. The minimum atomic E-state index is -0.541. The molecule has 3 aromatic rings. The highest BCUT2D eigenvalue weighted by atomic mass is 79.9. The molecule has 1 aromatic heterocycles. The van der Waals surface area contributed by atoms with Crippen LogP contribution >= 0.6 is 27.7 Å². The zero-order valence-corrected chi connectivity index (χ0v) is 16.1. The van der Waals surface area contributed by atoms with E-state index >= 15 is 0 Å². The van der Waals surface area contributed by atoms with Crippen LogP contribution in [0.25, 0.3) is 0 Å². The van der Waals surface area contributed by atoms with Crippen molar-refractivity contribution < 1.29 is 9.53 Å².